The first-order valence-electron chi connectivity index (χ1n) is 9.95. The fraction of sp³-hybridized carbons (Fsp3) is 0.909. The molecule has 2 fully saturated rings. The Hall–Kier alpha value is -0.260. The van der Waals surface area contributed by atoms with Crippen LogP contribution in [0, 0.1) is 34.5 Å². The van der Waals surface area contributed by atoms with Gasteiger partial charge >= 0.3 is 0 Å². The molecule has 2 bridgehead atoms. The van der Waals surface area contributed by atoms with E-state index in [0.29, 0.717) is 10.8 Å². The van der Waals surface area contributed by atoms with Gasteiger partial charge < -0.3 is 0 Å². The summed E-state index contributed by atoms with van der Waals surface area (Å²) in [5.41, 5.74) is 4.66. The minimum absolute atomic E-state index is 0.461. The molecule has 3 aliphatic rings. The van der Waals surface area contributed by atoms with Crippen molar-refractivity contribution in [3.05, 3.63) is 11.1 Å². The van der Waals surface area contributed by atoms with E-state index in [4.69, 9.17) is 0 Å². The summed E-state index contributed by atoms with van der Waals surface area (Å²) in [5, 5.41) is 0. The summed E-state index contributed by atoms with van der Waals surface area (Å²) in [6.45, 7) is 15.2. The smallest absolute Gasteiger partial charge is 0.0114 e. The maximum Gasteiger partial charge on any atom is -0.0114 e. The van der Waals surface area contributed by atoms with Crippen LogP contribution in [0.25, 0.3) is 0 Å². The third-order valence-electron chi connectivity index (χ3n) is 8.22. The second kappa shape index (κ2) is 5.67. The van der Waals surface area contributed by atoms with Crippen molar-refractivity contribution in [3.8, 4) is 0 Å². The van der Waals surface area contributed by atoms with E-state index in [2.05, 4.69) is 41.5 Å². The van der Waals surface area contributed by atoms with Crippen molar-refractivity contribution >= 4 is 0 Å². The van der Waals surface area contributed by atoms with Gasteiger partial charge in [0.1, 0.15) is 0 Å². The quantitative estimate of drug-likeness (QED) is 0.457. The second-order valence-corrected chi connectivity index (χ2v) is 10.0. The topological polar surface area (TPSA) is 0 Å². The highest BCUT2D eigenvalue weighted by molar-refractivity contribution is 5.25. The van der Waals surface area contributed by atoms with Gasteiger partial charge in [-0.1, -0.05) is 52.2 Å². The molecule has 4 unspecified atom stereocenters. The lowest BCUT2D eigenvalue weighted by molar-refractivity contribution is -0.0167. The van der Waals surface area contributed by atoms with Crippen LogP contribution in [0.5, 0.6) is 0 Å². The van der Waals surface area contributed by atoms with Gasteiger partial charge in [-0.15, -0.1) is 0 Å². The molecule has 3 rings (SSSR count). The molecule has 0 N–H and O–H groups in total. The van der Waals surface area contributed by atoms with Crippen LogP contribution in [0.1, 0.15) is 92.9 Å². The summed E-state index contributed by atoms with van der Waals surface area (Å²) in [7, 11) is 0. The summed E-state index contributed by atoms with van der Waals surface area (Å²) in [4.78, 5) is 0. The number of rotatable bonds is 1. The normalized spacial score (nSPS) is 41.9. The van der Waals surface area contributed by atoms with Crippen LogP contribution in [-0.4, -0.2) is 0 Å². The molecule has 3 aliphatic carbocycles. The highest BCUT2D eigenvalue weighted by Gasteiger charge is 2.49. The standard InChI is InChI=1S/C22H38/c1-15(2)18-8-7-12-22(6)13-11-19-16(3)9-10-17(14-20(18)22)21(19,4)5/h15,17-18,20H,7-14H2,1-6H3. The van der Waals surface area contributed by atoms with Crippen molar-refractivity contribution in [3.63, 3.8) is 0 Å². The Morgan fingerprint density at radius 1 is 1.00 bits per heavy atom. The van der Waals surface area contributed by atoms with Crippen molar-refractivity contribution in [2.45, 2.75) is 92.9 Å². The molecule has 0 aromatic rings. The van der Waals surface area contributed by atoms with Crippen LogP contribution in [0.4, 0.5) is 0 Å². The van der Waals surface area contributed by atoms with Gasteiger partial charge in [-0.25, -0.2) is 0 Å². The van der Waals surface area contributed by atoms with Crippen molar-refractivity contribution in [2.75, 3.05) is 0 Å². The lowest BCUT2D eigenvalue weighted by Gasteiger charge is -2.55. The van der Waals surface area contributed by atoms with Gasteiger partial charge in [0.05, 0.1) is 0 Å². The van der Waals surface area contributed by atoms with E-state index in [-0.39, 0.29) is 0 Å². The summed E-state index contributed by atoms with van der Waals surface area (Å²) >= 11 is 0. The molecule has 0 saturated heterocycles. The Bertz CT molecular complexity index is 453. The van der Waals surface area contributed by atoms with Crippen LogP contribution >= 0.6 is 0 Å². The van der Waals surface area contributed by atoms with Crippen LogP contribution in [0.2, 0.25) is 0 Å². The van der Waals surface area contributed by atoms with E-state index in [1.165, 1.54) is 51.4 Å². The van der Waals surface area contributed by atoms with Crippen LogP contribution < -0.4 is 0 Å². The molecule has 0 nitrogen and oxygen atoms in total. The fourth-order valence-electron chi connectivity index (χ4n) is 6.58. The predicted molar refractivity (Wildman–Crippen MR) is 96.8 cm³/mol. The summed E-state index contributed by atoms with van der Waals surface area (Å²) in [6.07, 6.45) is 11.6. The number of allylic oxidation sites excluding steroid dienone is 2. The van der Waals surface area contributed by atoms with E-state index in [0.717, 1.165) is 23.7 Å². The highest BCUT2D eigenvalue weighted by atomic mass is 14.5. The molecule has 0 spiro atoms. The molecule has 0 aromatic heterocycles. The molecule has 0 heterocycles. The Kier molecular flexibility index (Phi) is 4.28. The molecule has 0 aliphatic heterocycles. The van der Waals surface area contributed by atoms with E-state index in [1.807, 2.05) is 5.57 Å². The van der Waals surface area contributed by atoms with E-state index >= 15 is 0 Å². The van der Waals surface area contributed by atoms with Crippen molar-refractivity contribution in [1.29, 1.82) is 0 Å². The zero-order valence-electron chi connectivity index (χ0n) is 16.0. The monoisotopic (exact) mass is 302 g/mol. The summed E-state index contributed by atoms with van der Waals surface area (Å²) in [6, 6.07) is 0. The third-order valence-corrected chi connectivity index (χ3v) is 8.22. The van der Waals surface area contributed by atoms with E-state index in [1.54, 1.807) is 5.57 Å². The van der Waals surface area contributed by atoms with Gasteiger partial charge in [-0.3, -0.25) is 0 Å². The third kappa shape index (κ3) is 2.59. The van der Waals surface area contributed by atoms with Gasteiger partial charge in [0.15, 0.2) is 0 Å². The molecule has 0 radical (unpaired) electrons. The van der Waals surface area contributed by atoms with Crippen LogP contribution in [0.15, 0.2) is 11.1 Å². The second-order valence-electron chi connectivity index (χ2n) is 10.0. The summed E-state index contributed by atoms with van der Waals surface area (Å²) < 4.78 is 0. The van der Waals surface area contributed by atoms with E-state index in [9.17, 15) is 0 Å². The minimum atomic E-state index is 0.461. The maximum atomic E-state index is 2.65. The van der Waals surface area contributed by atoms with Gasteiger partial charge in [-0.2, -0.15) is 0 Å². The first-order valence-corrected chi connectivity index (χ1v) is 9.95. The molecule has 126 valence electrons. The molecule has 0 amide bonds. The van der Waals surface area contributed by atoms with Crippen LogP contribution in [0.3, 0.4) is 0 Å². The first-order chi connectivity index (χ1) is 10.3. The van der Waals surface area contributed by atoms with Crippen molar-refractivity contribution in [2.24, 2.45) is 34.5 Å². The zero-order chi connectivity index (χ0) is 16.1. The Morgan fingerprint density at radius 3 is 2.41 bits per heavy atom. The Labute approximate surface area is 139 Å². The molecule has 2 saturated carbocycles. The van der Waals surface area contributed by atoms with E-state index < -0.39 is 0 Å². The zero-order valence-corrected chi connectivity index (χ0v) is 16.0. The first kappa shape index (κ1) is 16.6. The Balaban J connectivity index is 1.97. The van der Waals surface area contributed by atoms with Crippen LogP contribution in [-0.2, 0) is 0 Å². The SMILES string of the molecule is CC1=C2CCC3(C)CCCC(C(C)C)C3CC(CC1)C2(C)C. The number of hydrogen-bond donors (Lipinski definition) is 0. The maximum absolute atomic E-state index is 2.65. The molecular weight excluding hydrogens is 264 g/mol. The molecule has 4 atom stereocenters. The lowest BCUT2D eigenvalue weighted by atomic mass is 9.50. The van der Waals surface area contributed by atoms with Gasteiger partial charge in [0.25, 0.3) is 0 Å². The highest BCUT2D eigenvalue weighted by Crippen LogP contribution is 2.59. The lowest BCUT2D eigenvalue weighted by Crippen LogP contribution is -2.45. The van der Waals surface area contributed by atoms with Crippen molar-refractivity contribution in [1.82, 2.24) is 0 Å². The predicted octanol–water partition coefficient (Wildman–Crippen LogP) is 7.00. The van der Waals surface area contributed by atoms with Gasteiger partial charge in [-0.05, 0) is 86.4 Å². The number of fused-ring (bicyclic) bond motifs is 3. The fourth-order valence-corrected chi connectivity index (χ4v) is 6.58. The largest absolute Gasteiger partial charge is 0.0736 e. The molecule has 0 heteroatoms. The van der Waals surface area contributed by atoms with Crippen molar-refractivity contribution < 1.29 is 0 Å². The van der Waals surface area contributed by atoms with Gasteiger partial charge in [0.2, 0.25) is 0 Å². The van der Waals surface area contributed by atoms with Gasteiger partial charge in [0, 0.05) is 0 Å². The molecule has 22 heavy (non-hydrogen) atoms. The minimum Gasteiger partial charge on any atom is -0.0736 e. The Morgan fingerprint density at radius 2 is 1.73 bits per heavy atom. The average molecular weight is 303 g/mol. The average Bonchev–Trinajstić information content (AvgIpc) is 2.42. The number of hydrogen-bond acceptors (Lipinski definition) is 0. The molecule has 0 aromatic carbocycles. The summed E-state index contributed by atoms with van der Waals surface area (Å²) in [5.74, 6) is 3.75. The molecular formula is C22H38.